The molecule has 0 atom stereocenters. The van der Waals surface area contributed by atoms with Crippen LogP contribution >= 0.6 is 0 Å². The van der Waals surface area contributed by atoms with Crippen molar-refractivity contribution in [3.8, 4) is 0 Å². The highest BCUT2D eigenvalue weighted by Crippen LogP contribution is 2.01. The molecule has 3 heterocycles. The fourth-order valence-electron chi connectivity index (χ4n) is 4.02. The van der Waals surface area contributed by atoms with Crippen molar-refractivity contribution in [2.24, 2.45) is 9.98 Å². The van der Waals surface area contributed by atoms with Gasteiger partial charge < -0.3 is 16.4 Å². The van der Waals surface area contributed by atoms with E-state index in [1.54, 1.807) is 20.8 Å². The number of urea groups is 2. The third-order valence-electron chi connectivity index (χ3n) is 6.19. The normalized spacial score (nSPS) is 9.71. The quantitative estimate of drug-likeness (QED) is 0.0602. The van der Waals surface area contributed by atoms with Crippen molar-refractivity contribution in [2.75, 3.05) is 42.5 Å². The second-order valence-electron chi connectivity index (χ2n) is 10.8. The Bertz CT molecular complexity index is 1670. The highest BCUT2D eigenvalue weighted by molar-refractivity contribution is 5.87. The molecule has 20 nitrogen and oxygen atoms in total. The molecular formula is C31H45N13O7. The number of carbonyl (C=O) groups is 2. The lowest BCUT2D eigenvalue weighted by Crippen LogP contribution is -2.31. The maximum Gasteiger partial charge on any atom is 0.321 e. The number of aliphatic imine (C=N–C) groups is 2. The van der Waals surface area contributed by atoms with Gasteiger partial charge in [0, 0.05) is 48.4 Å². The number of nitrogens with two attached hydrogens (primary N) is 1. The van der Waals surface area contributed by atoms with Crippen LogP contribution in [0.1, 0.15) is 68.4 Å². The number of aromatic amines is 3. The molecule has 0 aliphatic carbocycles. The molecule has 3 aromatic heterocycles. The van der Waals surface area contributed by atoms with Gasteiger partial charge in [0.05, 0.1) is 13.1 Å². The molecule has 0 aliphatic rings. The van der Waals surface area contributed by atoms with Crippen molar-refractivity contribution in [2.45, 2.75) is 72.1 Å². The minimum atomic E-state index is -0.440. The monoisotopic (exact) mass is 711 g/mol. The summed E-state index contributed by atoms with van der Waals surface area (Å²) in [5.74, 6) is 0.374. The average molecular weight is 712 g/mol. The largest absolute Gasteiger partial charge is 0.369 e. The summed E-state index contributed by atoms with van der Waals surface area (Å²) < 4.78 is 0. The molecule has 0 fully saturated rings. The van der Waals surface area contributed by atoms with E-state index >= 15 is 0 Å². The van der Waals surface area contributed by atoms with Gasteiger partial charge in [-0.2, -0.15) is 0 Å². The van der Waals surface area contributed by atoms with Crippen molar-refractivity contribution in [1.29, 1.82) is 0 Å². The first-order valence-corrected chi connectivity index (χ1v) is 16.1. The molecule has 0 saturated carbocycles. The molecule has 9 N–H and O–H groups in total. The summed E-state index contributed by atoms with van der Waals surface area (Å²) in [6.45, 7) is 7.10. The molecule has 0 bridgehead atoms. The van der Waals surface area contributed by atoms with E-state index in [-0.39, 0.29) is 34.5 Å². The van der Waals surface area contributed by atoms with Gasteiger partial charge in [-0.15, -0.1) is 0 Å². The standard InChI is InChI=1S/C18H26N8O4.C8H12N2O2.C5H7N3O/c1-11-9-13(27)23-15(21-11)25-17(29)19-7-5-3-4-6-8-20-18(30)26-16-22-12(2)10-14(28)24-16;11-7-9-5-3-1-2-4-6-10-8-12;1-3-2-4(9)8-5(6)7-3/h9-10H,3-8H2,1-2H3,(H3,19,21,23,25,27,29)(H3,20,22,24,26,28,30);1-6H2;2H,1H3,(H3,6,7,8,9). The molecule has 0 spiro atoms. The fourth-order valence-corrected chi connectivity index (χ4v) is 4.02. The second-order valence-corrected chi connectivity index (χ2v) is 10.8. The number of nitrogen functional groups attached to an aromatic ring is 1. The van der Waals surface area contributed by atoms with Gasteiger partial charge in [-0.3, -0.25) is 40.0 Å². The van der Waals surface area contributed by atoms with Crippen LogP contribution < -0.4 is 43.7 Å². The minimum Gasteiger partial charge on any atom is -0.369 e. The van der Waals surface area contributed by atoms with E-state index in [1.807, 2.05) is 0 Å². The number of rotatable bonds is 16. The van der Waals surface area contributed by atoms with E-state index in [4.69, 9.17) is 5.73 Å². The van der Waals surface area contributed by atoms with E-state index in [2.05, 4.69) is 61.2 Å². The van der Waals surface area contributed by atoms with E-state index < -0.39 is 12.1 Å². The van der Waals surface area contributed by atoms with Crippen LogP contribution in [-0.4, -0.2) is 80.3 Å². The predicted molar refractivity (Wildman–Crippen MR) is 190 cm³/mol. The Kier molecular flexibility index (Phi) is 21.6. The van der Waals surface area contributed by atoms with E-state index in [9.17, 15) is 33.6 Å². The van der Waals surface area contributed by atoms with Crippen LogP contribution in [0.2, 0.25) is 0 Å². The Hall–Kier alpha value is -6.26. The van der Waals surface area contributed by atoms with Crippen LogP contribution in [0.25, 0.3) is 0 Å². The molecule has 4 amide bonds. The number of isocyanates is 2. The number of hydrogen-bond donors (Lipinski definition) is 8. The summed E-state index contributed by atoms with van der Waals surface area (Å²) >= 11 is 0. The highest BCUT2D eigenvalue weighted by Gasteiger charge is 2.05. The number of hydrogen-bond acceptors (Lipinski definition) is 13. The second kappa shape index (κ2) is 25.7. The third-order valence-corrected chi connectivity index (χ3v) is 6.19. The van der Waals surface area contributed by atoms with Crippen LogP contribution in [0.5, 0.6) is 0 Å². The lowest BCUT2D eigenvalue weighted by Gasteiger charge is -2.08. The molecule has 0 radical (unpaired) electrons. The maximum atomic E-state index is 11.8. The molecule has 3 aromatic rings. The van der Waals surface area contributed by atoms with E-state index in [0.717, 1.165) is 51.4 Å². The van der Waals surface area contributed by atoms with Crippen LogP contribution in [-0.2, 0) is 9.59 Å². The van der Waals surface area contributed by atoms with Crippen molar-refractivity contribution in [3.63, 3.8) is 0 Å². The van der Waals surface area contributed by atoms with Gasteiger partial charge in [0.15, 0.2) is 0 Å². The van der Waals surface area contributed by atoms with Gasteiger partial charge >= 0.3 is 12.1 Å². The molecule has 0 unspecified atom stereocenters. The minimum absolute atomic E-state index is 0.104. The van der Waals surface area contributed by atoms with Gasteiger partial charge in [-0.1, -0.05) is 25.7 Å². The van der Waals surface area contributed by atoms with Gasteiger partial charge in [-0.25, -0.2) is 44.1 Å². The lowest BCUT2D eigenvalue weighted by molar-refractivity contribution is 0.250. The average Bonchev–Trinajstić information content (AvgIpc) is 3.02. The zero-order valence-corrected chi connectivity index (χ0v) is 28.9. The summed E-state index contributed by atoms with van der Waals surface area (Å²) in [5, 5.41) is 10.3. The van der Waals surface area contributed by atoms with Crippen LogP contribution in [0.15, 0.2) is 42.6 Å². The Morgan fingerprint density at radius 1 is 0.627 bits per heavy atom. The van der Waals surface area contributed by atoms with E-state index in [1.165, 1.54) is 30.4 Å². The van der Waals surface area contributed by atoms with Crippen LogP contribution in [0, 0.1) is 20.8 Å². The van der Waals surface area contributed by atoms with Gasteiger partial charge in [-0.05, 0) is 46.5 Å². The summed E-state index contributed by atoms with van der Waals surface area (Å²) in [5.41, 5.74) is 5.99. The Balaban J connectivity index is 0.000000503. The topological polar surface area (TPSA) is 304 Å². The van der Waals surface area contributed by atoms with Gasteiger partial charge in [0.1, 0.15) is 0 Å². The van der Waals surface area contributed by atoms with Crippen molar-refractivity contribution >= 4 is 42.1 Å². The molecule has 51 heavy (non-hydrogen) atoms. The smallest absolute Gasteiger partial charge is 0.321 e. The lowest BCUT2D eigenvalue weighted by atomic mass is 10.2. The Labute approximate surface area is 292 Å². The third kappa shape index (κ3) is 22.9. The predicted octanol–water partition coefficient (Wildman–Crippen LogP) is 1.85. The van der Waals surface area contributed by atoms with Crippen molar-refractivity contribution in [1.82, 2.24) is 40.5 Å². The fraction of sp³-hybridized carbons (Fsp3) is 0.484. The number of aryl methyl sites for hydroxylation is 3. The van der Waals surface area contributed by atoms with Gasteiger partial charge in [0.2, 0.25) is 30.0 Å². The molecule has 0 saturated heterocycles. The highest BCUT2D eigenvalue weighted by atomic mass is 16.2. The zero-order chi connectivity index (χ0) is 37.9. The summed E-state index contributed by atoms with van der Waals surface area (Å²) in [6.07, 6.45) is 10.1. The number of nitrogens with zero attached hydrogens (tertiary/aromatic N) is 5. The summed E-state index contributed by atoms with van der Waals surface area (Å²) in [7, 11) is 0. The number of anilines is 3. The number of unbranched alkanes of at least 4 members (excludes halogenated alkanes) is 6. The number of aromatic nitrogens is 6. The molecule has 0 aromatic carbocycles. The first kappa shape index (κ1) is 42.8. The SMILES string of the molecule is Cc1cc(=O)[nH]c(N)n1.Cc1cc(=O)[nH]c(NC(=O)NCCCCCCNC(=O)Nc2nc(C)cc(=O)[nH]2)n1.O=C=NCCCCCCN=C=O. The summed E-state index contributed by atoms with van der Waals surface area (Å²) in [4.78, 5) is 102. The molecule has 0 aliphatic heterocycles. The van der Waals surface area contributed by atoms with Crippen molar-refractivity contribution in [3.05, 3.63) is 66.3 Å². The molecule has 20 heteroatoms. The van der Waals surface area contributed by atoms with Crippen LogP contribution in [0.4, 0.5) is 27.4 Å². The number of carbonyl (C=O) groups excluding carboxylic acids is 4. The zero-order valence-electron chi connectivity index (χ0n) is 28.9. The molecule has 3 rings (SSSR count). The maximum absolute atomic E-state index is 11.8. The van der Waals surface area contributed by atoms with E-state index in [0.29, 0.717) is 43.3 Å². The van der Waals surface area contributed by atoms with Crippen LogP contribution in [0.3, 0.4) is 0 Å². The number of H-pyrrole nitrogens is 3. The molecular weight excluding hydrogens is 666 g/mol. The molecule has 276 valence electrons. The summed E-state index contributed by atoms with van der Waals surface area (Å²) in [6, 6.07) is 3.18. The number of amides is 4. The number of nitrogens with one attached hydrogen (secondary N) is 7. The van der Waals surface area contributed by atoms with Crippen molar-refractivity contribution < 1.29 is 19.2 Å². The Morgan fingerprint density at radius 3 is 1.35 bits per heavy atom. The first-order valence-electron chi connectivity index (χ1n) is 16.1. The van der Waals surface area contributed by atoms with Gasteiger partial charge in [0.25, 0.3) is 16.7 Å². The Morgan fingerprint density at radius 2 is 1.00 bits per heavy atom. The first-order chi connectivity index (χ1) is 24.4.